The molecule has 0 spiro atoms. The number of hydrogen-bond acceptors (Lipinski definition) is 3. The molecule has 0 fully saturated rings. The quantitative estimate of drug-likeness (QED) is 0.464. The fraction of sp³-hybridized carbons (Fsp3) is 0.429. The molecule has 0 aliphatic rings. The summed E-state index contributed by atoms with van der Waals surface area (Å²) in [6.07, 6.45) is 2.05. The maximum Gasteiger partial charge on any atom is 0.326 e. The van der Waals surface area contributed by atoms with Crippen molar-refractivity contribution in [2.45, 2.75) is 31.7 Å². The topological polar surface area (TPSA) is 92.4 Å². The lowest BCUT2D eigenvalue weighted by Gasteiger charge is -2.14. The van der Waals surface area contributed by atoms with E-state index in [1.807, 2.05) is 24.3 Å². The van der Waals surface area contributed by atoms with Gasteiger partial charge in [0.1, 0.15) is 6.04 Å². The lowest BCUT2D eigenvalue weighted by atomic mass is 10.1. The third-order valence-corrected chi connectivity index (χ3v) is 3.58. The number of unbranched alkanes of at least 4 members (excludes halogenated alkanes) is 1. The number of hydrogen-bond donors (Lipinski definition) is 3. The van der Waals surface area contributed by atoms with Crippen LogP contribution in [0.15, 0.2) is 24.3 Å². The Labute approximate surface area is 132 Å². The van der Waals surface area contributed by atoms with Crippen molar-refractivity contribution >= 4 is 34.5 Å². The van der Waals surface area contributed by atoms with Crippen molar-refractivity contribution < 1.29 is 14.7 Å². The van der Waals surface area contributed by atoms with Gasteiger partial charge in [0.2, 0.25) is 5.91 Å². The zero-order chi connectivity index (χ0) is 15.0. The number of nitrogens with one attached hydrogen (secondary N) is 1. The molecule has 0 bridgehead atoms. The number of halogens is 1. The molecular formula is C14H19IN2O3. The van der Waals surface area contributed by atoms with E-state index in [1.165, 1.54) is 0 Å². The Bertz CT molecular complexity index is 448. The Morgan fingerprint density at radius 2 is 1.90 bits per heavy atom. The van der Waals surface area contributed by atoms with Gasteiger partial charge in [0, 0.05) is 3.57 Å². The van der Waals surface area contributed by atoms with Gasteiger partial charge < -0.3 is 16.2 Å². The summed E-state index contributed by atoms with van der Waals surface area (Å²) >= 11 is 2.19. The number of rotatable bonds is 8. The van der Waals surface area contributed by atoms with Crippen molar-refractivity contribution in [1.29, 1.82) is 0 Å². The molecule has 0 radical (unpaired) electrons. The van der Waals surface area contributed by atoms with Gasteiger partial charge in [-0.3, -0.25) is 4.79 Å². The highest BCUT2D eigenvalue weighted by Crippen LogP contribution is 2.08. The van der Waals surface area contributed by atoms with Gasteiger partial charge in [-0.1, -0.05) is 12.1 Å². The van der Waals surface area contributed by atoms with E-state index in [-0.39, 0.29) is 12.3 Å². The first kappa shape index (κ1) is 16.9. The van der Waals surface area contributed by atoms with Crippen molar-refractivity contribution in [3.8, 4) is 0 Å². The van der Waals surface area contributed by atoms with Gasteiger partial charge in [-0.15, -0.1) is 0 Å². The minimum Gasteiger partial charge on any atom is -0.480 e. The van der Waals surface area contributed by atoms with Gasteiger partial charge in [0.15, 0.2) is 0 Å². The second-order valence-corrected chi connectivity index (χ2v) is 5.79. The van der Waals surface area contributed by atoms with Crippen LogP contribution in [0.25, 0.3) is 0 Å². The molecular weight excluding hydrogens is 371 g/mol. The third kappa shape index (κ3) is 6.33. The molecule has 6 heteroatoms. The number of carbonyl (C=O) groups excluding carboxylic acids is 1. The van der Waals surface area contributed by atoms with E-state index < -0.39 is 12.0 Å². The monoisotopic (exact) mass is 390 g/mol. The number of amides is 1. The van der Waals surface area contributed by atoms with E-state index in [2.05, 4.69) is 27.9 Å². The lowest BCUT2D eigenvalue weighted by molar-refractivity contribution is -0.142. The minimum absolute atomic E-state index is 0.192. The second-order valence-electron chi connectivity index (χ2n) is 4.55. The van der Waals surface area contributed by atoms with E-state index in [1.54, 1.807) is 0 Å². The Morgan fingerprint density at radius 1 is 1.25 bits per heavy atom. The van der Waals surface area contributed by atoms with Crippen molar-refractivity contribution in [2.24, 2.45) is 5.73 Å². The van der Waals surface area contributed by atoms with Gasteiger partial charge in [0.05, 0.1) is 6.42 Å². The van der Waals surface area contributed by atoms with Crippen LogP contribution >= 0.6 is 22.6 Å². The van der Waals surface area contributed by atoms with Crippen molar-refractivity contribution in [1.82, 2.24) is 5.32 Å². The summed E-state index contributed by atoms with van der Waals surface area (Å²) in [5.41, 5.74) is 6.24. The Hall–Kier alpha value is -1.15. The van der Waals surface area contributed by atoms with Gasteiger partial charge in [0.25, 0.3) is 0 Å². The predicted octanol–water partition coefficient (Wildman–Crippen LogP) is 1.53. The van der Waals surface area contributed by atoms with Crippen molar-refractivity contribution in [2.75, 3.05) is 6.54 Å². The van der Waals surface area contributed by atoms with E-state index >= 15 is 0 Å². The van der Waals surface area contributed by atoms with Gasteiger partial charge in [-0.05, 0) is 66.1 Å². The van der Waals surface area contributed by atoms with Crippen LogP contribution in [-0.4, -0.2) is 29.6 Å². The molecule has 1 aromatic rings. The summed E-state index contributed by atoms with van der Waals surface area (Å²) in [4.78, 5) is 22.9. The molecule has 0 unspecified atom stereocenters. The average molecular weight is 390 g/mol. The zero-order valence-electron chi connectivity index (χ0n) is 11.1. The number of aliphatic carboxylic acids is 1. The molecule has 20 heavy (non-hydrogen) atoms. The van der Waals surface area contributed by atoms with Crippen molar-refractivity contribution in [3.05, 3.63) is 33.4 Å². The summed E-state index contributed by atoms with van der Waals surface area (Å²) in [6.45, 7) is 0.531. The van der Waals surface area contributed by atoms with Gasteiger partial charge in [-0.2, -0.15) is 0 Å². The largest absolute Gasteiger partial charge is 0.480 e. The molecule has 1 atom stereocenters. The molecule has 0 saturated carbocycles. The van der Waals surface area contributed by atoms with E-state index in [4.69, 9.17) is 10.8 Å². The number of carboxylic acids is 1. The summed E-state index contributed by atoms with van der Waals surface area (Å²) in [7, 11) is 0. The van der Waals surface area contributed by atoms with Crippen LogP contribution < -0.4 is 11.1 Å². The summed E-state index contributed by atoms with van der Waals surface area (Å²) in [6, 6.07) is 6.73. The first-order valence-electron chi connectivity index (χ1n) is 6.49. The Balaban J connectivity index is 2.48. The maximum atomic E-state index is 11.8. The second kappa shape index (κ2) is 8.91. The predicted molar refractivity (Wildman–Crippen MR) is 85.3 cm³/mol. The van der Waals surface area contributed by atoms with E-state index in [0.717, 1.165) is 15.6 Å². The highest BCUT2D eigenvalue weighted by Gasteiger charge is 2.19. The number of carbonyl (C=O) groups is 2. The molecule has 1 rings (SSSR count). The molecule has 1 aromatic carbocycles. The number of nitrogens with two attached hydrogens (primary N) is 1. The third-order valence-electron chi connectivity index (χ3n) is 2.86. The lowest BCUT2D eigenvalue weighted by Crippen LogP contribution is -2.41. The average Bonchev–Trinajstić information content (AvgIpc) is 2.40. The van der Waals surface area contributed by atoms with Gasteiger partial charge in [-0.25, -0.2) is 4.79 Å². The molecule has 1 amide bonds. The van der Waals surface area contributed by atoms with Crippen LogP contribution in [0.3, 0.4) is 0 Å². The standard InChI is InChI=1S/C14H19IN2O3/c15-11-6-4-10(5-7-11)9-13(18)17-12(14(19)20)3-1-2-8-16/h4-7,12H,1-3,8-9,16H2,(H,17,18)(H,19,20)/t12-/m0/s1. The van der Waals surface area contributed by atoms with Crippen LogP contribution in [-0.2, 0) is 16.0 Å². The zero-order valence-corrected chi connectivity index (χ0v) is 13.3. The molecule has 0 aromatic heterocycles. The number of carboxylic acid groups (broad SMARTS) is 1. The van der Waals surface area contributed by atoms with Crippen LogP contribution in [0.1, 0.15) is 24.8 Å². The fourth-order valence-corrected chi connectivity index (χ4v) is 2.14. The molecule has 0 aliphatic carbocycles. The Kier molecular flexibility index (Phi) is 7.53. The minimum atomic E-state index is -1.00. The van der Waals surface area contributed by atoms with E-state index in [9.17, 15) is 9.59 Å². The molecule has 0 heterocycles. The maximum absolute atomic E-state index is 11.8. The number of benzene rings is 1. The summed E-state index contributed by atoms with van der Waals surface area (Å²) in [5, 5.41) is 11.6. The summed E-state index contributed by atoms with van der Waals surface area (Å²) in [5.74, 6) is -1.27. The Morgan fingerprint density at radius 3 is 2.45 bits per heavy atom. The van der Waals surface area contributed by atoms with Crippen LogP contribution in [0, 0.1) is 3.57 Å². The highest BCUT2D eigenvalue weighted by molar-refractivity contribution is 14.1. The first-order valence-corrected chi connectivity index (χ1v) is 7.57. The van der Waals surface area contributed by atoms with Gasteiger partial charge >= 0.3 is 5.97 Å². The summed E-state index contributed by atoms with van der Waals surface area (Å²) < 4.78 is 1.09. The van der Waals surface area contributed by atoms with Crippen LogP contribution in [0.2, 0.25) is 0 Å². The molecule has 5 nitrogen and oxygen atoms in total. The molecule has 110 valence electrons. The molecule has 0 saturated heterocycles. The SMILES string of the molecule is NCCCC[C@H](NC(=O)Cc1ccc(I)cc1)C(=O)O. The van der Waals surface area contributed by atoms with Crippen LogP contribution in [0.4, 0.5) is 0 Å². The molecule has 0 aliphatic heterocycles. The smallest absolute Gasteiger partial charge is 0.326 e. The van der Waals surface area contributed by atoms with Crippen molar-refractivity contribution in [3.63, 3.8) is 0 Å². The normalized spacial score (nSPS) is 11.9. The van der Waals surface area contributed by atoms with Crippen LogP contribution in [0.5, 0.6) is 0 Å². The first-order chi connectivity index (χ1) is 9.52. The fourth-order valence-electron chi connectivity index (χ4n) is 1.78. The van der Waals surface area contributed by atoms with E-state index in [0.29, 0.717) is 19.4 Å². The molecule has 4 N–H and O–H groups in total. The highest BCUT2D eigenvalue weighted by atomic mass is 127.